The second-order valence-electron chi connectivity index (χ2n) is 5.40. The summed E-state index contributed by atoms with van der Waals surface area (Å²) in [5.41, 5.74) is 0. The summed E-state index contributed by atoms with van der Waals surface area (Å²) in [6.45, 7) is 4.56. The second-order valence-corrected chi connectivity index (χ2v) is 5.40. The van der Waals surface area contributed by atoms with Crippen LogP contribution in [0, 0.1) is 0 Å². The Bertz CT molecular complexity index is 506. The Morgan fingerprint density at radius 3 is 1.71 bits per heavy atom. The van der Waals surface area contributed by atoms with Gasteiger partial charge in [-0.3, -0.25) is 19.2 Å². The van der Waals surface area contributed by atoms with Crippen molar-refractivity contribution in [2.24, 2.45) is 0 Å². The molecule has 0 aromatic carbocycles. The van der Waals surface area contributed by atoms with Crippen LogP contribution in [0.15, 0.2) is 0 Å². The summed E-state index contributed by atoms with van der Waals surface area (Å²) in [6, 6.07) is -0.675. The van der Waals surface area contributed by atoms with Gasteiger partial charge in [0.2, 0.25) is 0 Å². The van der Waals surface area contributed by atoms with Gasteiger partial charge in [-0.25, -0.2) is 0 Å². The quantitative estimate of drug-likeness (QED) is 0.341. The first kappa shape index (κ1) is 20.0. The van der Waals surface area contributed by atoms with Crippen LogP contribution >= 0.6 is 0 Å². The highest BCUT2D eigenvalue weighted by molar-refractivity contribution is 6.11. The number of hydrogen-bond donors (Lipinski definition) is 0. The van der Waals surface area contributed by atoms with E-state index in [0.717, 1.165) is 0 Å². The van der Waals surface area contributed by atoms with Crippen molar-refractivity contribution in [2.45, 2.75) is 58.1 Å². The zero-order valence-electron chi connectivity index (χ0n) is 14.3. The summed E-state index contributed by atoms with van der Waals surface area (Å²) in [5, 5.41) is 0. The molecule has 5 atom stereocenters. The molecule has 134 valence electrons. The Kier molecular flexibility index (Phi) is 7.21. The Morgan fingerprint density at radius 2 is 1.25 bits per heavy atom. The van der Waals surface area contributed by atoms with Gasteiger partial charge in [-0.05, 0) is 0 Å². The maximum Gasteiger partial charge on any atom is 0.303 e. The van der Waals surface area contributed by atoms with E-state index in [4.69, 9.17) is 23.7 Å². The maximum atomic E-state index is 11.4. The molecule has 10 heteroatoms. The van der Waals surface area contributed by atoms with Crippen molar-refractivity contribution in [1.29, 1.82) is 0 Å². The number of carbonyl (C=O) groups is 4. The smallest absolute Gasteiger partial charge is 0.303 e. The summed E-state index contributed by atoms with van der Waals surface area (Å²) in [4.78, 5) is 45.2. The number of rotatable bonds is 5. The number of carbonyl (C=O) groups excluding carboxylic acids is 4. The van der Waals surface area contributed by atoms with Crippen LogP contribution in [-0.4, -0.2) is 68.7 Å². The van der Waals surface area contributed by atoms with Crippen molar-refractivity contribution in [2.75, 3.05) is 6.61 Å². The molecule has 0 amide bonds. The maximum absolute atomic E-state index is 11.4. The van der Waals surface area contributed by atoms with Crippen LogP contribution in [0.25, 0.3) is 0 Å². The van der Waals surface area contributed by atoms with Gasteiger partial charge in [0.15, 0.2) is 18.3 Å². The van der Waals surface area contributed by atoms with E-state index in [1.165, 1.54) is 27.7 Å². The summed E-state index contributed by atoms with van der Waals surface area (Å²) in [7, 11) is 1.61. The molecule has 0 unspecified atom stereocenters. The van der Waals surface area contributed by atoms with E-state index in [1.807, 2.05) is 0 Å². The molecule has 0 aromatic heterocycles. The molecule has 0 aliphatic carbocycles. The Hall–Kier alpha value is -2.10. The van der Waals surface area contributed by atoms with E-state index >= 15 is 0 Å². The van der Waals surface area contributed by atoms with Gasteiger partial charge in [-0.15, -0.1) is 0 Å². The first-order chi connectivity index (χ1) is 11.1. The minimum absolute atomic E-state index is 0.206. The second kappa shape index (κ2) is 8.67. The van der Waals surface area contributed by atoms with E-state index in [2.05, 4.69) is 0 Å². The Labute approximate surface area is 140 Å². The summed E-state index contributed by atoms with van der Waals surface area (Å²) >= 11 is 0. The number of ether oxygens (including phenoxy) is 5. The lowest BCUT2D eigenvalue weighted by Gasteiger charge is -2.43. The fourth-order valence-electron chi connectivity index (χ4n) is 2.44. The molecular weight excluding hydrogens is 323 g/mol. The van der Waals surface area contributed by atoms with Crippen LogP contribution in [0.1, 0.15) is 27.7 Å². The van der Waals surface area contributed by atoms with Gasteiger partial charge in [0.05, 0.1) is 6.00 Å². The van der Waals surface area contributed by atoms with Crippen molar-refractivity contribution in [3.8, 4) is 0 Å². The molecule has 1 fully saturated rings. The molecule has 0 N–H and O–H groups in total. The van der Waals surface area contributed by atoms with Gasteiger partial charge < -0.3 is 23.7 Å². The van der Waals surface area contributed by atoms with Crippen molar-refractivity contribution < 1.29 is 42.9 Å². The standard InChI is InChI=1S/C14H21BO9/c1-6(16)20-5-10-11(21-7(2)17)12(22-8(3)18)13(14(15)24-10)23-9(4)19/h10-14H,5,15H2,1-4H3/t10-,11-,12+,13-,14+/m1/s1. The summed E-state index contributed by atoms with van der Waals surface area (Å²) in [5.74, 6) is -2.44. The first-order valence-electron chi connectivity index (χ1n) is 7.42. The lowest BCUT2D eigenvalue weighted by atomic mass is 9.84. The predicted octanol–water partition coefficient (Wildman–Crippen LogP) is -1.30. The lowest BCUT2D eigenvalue weighted by molar-refractivity contribution is -0.239. The summed E-state index contributed by atoms with van der Waals surface area (Å²) in [6.07, 6.45) is -4.01. The van der Waals surface area contributed by atoms with Crippen molar-refractivity contribution in [3.63, 3.8) is 0 Å². The van der Waals surface area contributed by atoms with Crippen LogP contribution in [0.3, 0.4) is 0 Å². The highest BCUT2D eigenvalue weighted by Crippen LogP contribution is 2.27. The Balaban J connectivity index is 3.11. The molecule has 0 radical (unpaired) electrons. The van der Waals surface area contributed by atoms with Crippen LogP contribution in [0.5, 0.6) is 0 Å². The predicted molar refractivity (Wildman–Crippen MR) is 80.5 cm³/mol. The minimum Gasteiger partial charge on any atom is -0.463 e. The van der Waals surface area contributed by atoms with E-state index in [1.54, 1.807) is 7.85 Å². The lowest BCUT2D eigenvalue weighted by Crippen LogP contribution is -2.62. The van der Waals surface area contributed by atoms with Gasteiger partial charge in [-0.2, -0.15) is 0 Å². The minimum atomic E-state index is -1.09. The highest BCUT2D eigenvalue weighted by atomic mass is 16.7. The molecular formula is C14H21BO9. The summed E-state index contributed by atoms with van der Waals surface area (Å²) < 4.78 is 26.1. The van der Waals surface area contributed by atoms with E-state index in [0.29, 0.717) is 0 Å². The fraction of sp³-hybridized carbons (Fsp3) is 0.714. The first-order valence-corrected chi connectivity index (χ1v) is 7.42. The SMILES string of the molecule is B[C@H]1O[C@H](COC(C)=O)[C@@H](OC(C)=O)[C@H](OC(C)=O)[C@H]1OC(C)=O. The topological polar surface area (TPSA) is 114 Å². The molecule has 0 bridgehead atoms. The largest absolute Gasteiger partial charge is 0.463 e. The van der Waals surface area contributed by atoms with Crippen LogP contribution < -0.4 is 0 Å². The Morgan fingerprint density at radius 1 is 0.792 bits per heavy atom. The molecule has 1 heterocycles. The molecule has 0 aromatic rings. The number of esters is 4. The highest BCUT2D eigenvalue weighted by Gasteiger charge is 2.50. The van der Waals surface area contributed by atoms with Gasteiger partial charge >= 0.3 is 23.9 Å². The zero-order valence-corrected chi connectivity index (χ0v) is 14.3. The number of hydrogen-bond acceptors (Lipinski definition) is 9. The molecule has 0 spiro atoms. The monoisotopic (exact) mass is 344 g/mol. The van der Waals surface area contributed by atoms with Gasteiger partial charge in [0, 0.05) is 27.7 Å². The van der Waals surface area contributed by atoms with Crippen LogP contribution in [-0.2, 0) is 42.9 Å². The van der Waals surface area contributed by atoms with E-state index in [-0.39, 0.29) is 6.61 Å². The third-order valence-corrected chi connectivity index (χ3v) is 3.22. The molecule has 1 aliphatic rings. The molecule has 24 heavy (non-hydrogen) atoms. The average Bonchev–Trinajstić information content (AvgIpc) is 2.42. The van der Waals surface area contributed by atoms with Crippen LogP contribution in [0.4, 0.5) is 0 Å². The fourth-order valence-corrected chi connectivity index (χ4v) is 2.44. The van der Waals surface area contributed by atoms with Gasteiger partial charge in [-0.1, -0.05) is 0 Å². The van der Waals surface area contributed by atoms with E-state index < -0.39 is 54.3 Å². The van der Waals surface area contributed by atoms with Crippen molar-refractivity contribution in [3.05, 3.63) is 0 Å². The van der Waals surface area contributed by atoms with Crippen LogP contribution in [0.2, 0.25) is 0 Å². The van der Waals surface area contributed by atoms with Gasteiger partial charge in [0.1, 0.15) is 20.6 Å². The van der Waals surface area contributed by atoms with Crippen molar-refractivity contribution >= 4 is 31.7 Å². The normalized spacial score (nSPS) is 29.2. The van der Waals surface area contributed by atoms with E-state index in [9.17, 15) is 19.2 Å². The molecule has 1 rings (SSSR count). The molecule has 1 saturated heterocycles. The molecule has 9 nitrogen and oxygen atoms in total. The zero-order chi connectivity index (χ0) is 18.4. The van der Waals surface area contributed by atoms with Gasteiger partial charge in [0.25, 0.3) is 0 Å². The average molecular weight is 344 g/mol. The van der Waals surface area contributed by atoms with Crippen molar-refractivity contribution in [1.82, 2.24) is 0 Å². The molecule has 0 saturated carbocycles. The molecule has 1 aliphatic heterocycles. The third-order valence-electron chi connectivity index (χ3n) is 3.22. The third kappa shape index (κ3) is 5.84.